The van der Waals surface area contributed by atoms with E-state index in [-0.39, 0.29) is 10.9 Å². The van der Waals surface area contributed by atoms with Crippen LogP contribution in [0.1, 0.15) is 5.01 Å². The first-order valence-electron chi connectivity index (χ1n) is 5.41. The number of sulfone groups is 1. The molecule has 0 aliphatic carbocycles. The number of anilines is 1. The van der Waals surface area contributed by atoms with Crippen molar-refractivity contribution in [3.05, 3.63) is 34.8 Å². The summed E-state index contributed by atoms with van der Waals surface area (Å²) in [4.78, 5) is 10.8. The van der Waals surface area contributed by atoms with Gasteiger partial charge in [-0.25, -0.2) is 18.4 Å². The molecule has 98 valence electrons. The molecule has 3 N–H and O–H groups in total. The minimum absolute atomic E-state index is 0.0525. The highest BCUT2D eigenvalue weighted by molar-refractivity contribution is 7.90. The molecule has 0 spiro atoms. The van der Waals surface area contributed by atoms with Gasteiger partial charge in [0.2, 0.25) is 15.0 Å². The molecular formula is C11H10N4O2S2. The second kappa shape index (κ2) is 4.32. The van der Waals surface area contributed by atoms with E-state index in [1.54, 1.807) is 29.8 Å². The van der Waals surface area contributed by atoms with Crippen LogP contribution in [0.4, 0.5) is 5.69 Å². The first-order valence-corrected chi connectivity index (χ1v) is 7.94. The number of benzene rings is 1. The first-order chi connectivity index (χ1) is 9.04. The van der Waals surface area contributed by atoms with Crippen LogP contribution in [0, 0.1) is 0 Å². The van der Waals surface area contributed by atoms with Crippen LogP contribution in [-0.4, -0.2) is 23.4 Å². The van der Waals surface area contributed by atoms with E-state index in [0.29, 0.717) is 21.7 Å². The molecule has 0 unspecified atom stereocenters. The third kappa shape index (κ3) is 2.32. The van der Waals surface area contributed by atoms with Crippen LogP contribution < -0.4 is 5.73 Å². The van der Waals surface area contributed by atoms with Gasteiger partial charge in [-0.2, -0.15) is 0 Å². The Kier molecular flexibility index (Phi) is 2.76. The molecule has 0 fully saturated rings. The van der Waals surface area contributed by atoms with Crippen LogP contribution in [0.2, 0.25) is 0 Å². The van der Waals surface area contributed by atoms with E-state index in [1.807, 2.05) is 0 Å². The summed E-state index contributed by atoms with van der Waals surface area (Å²) in [6, 6.07) is 5.02. The Labute approximate surface area is 113 Å². The zero-order chi connectivity index (χ0) is 13.5. The molecule has 2 aromatic heterocycles. The van der Waals surface area contributed by atoms with Crippen molar-refractivity contribution in [1.82, 2.24) is 15.0 Å². The summed E-state index contributed by atoms with van der Waals surface area (Å²) in [7, 11) is -3.52. The number of rotatable bonds is 3. The second-order valence-electron chi connectivity index (χ2n) is 4.00. The number of nitrogens with two attached hydrogens (primary N) is 1. The van der Waals surface area contributed by atoms with Gasteiger partial charge in [0.05, 0.1) is 11.0 Å². The standard InChI is InChI=1S/C11H10N4O2S2/c12-7-1-2-8-9(5-7)15-11(14-8)19(16,17)6-10-13-3-4-18-10/h1-5H,6,12H2,(H,14,15). The van der Waals surface area contributed by atoms with Gasteiger partial charge in [0, 0.05) is 17.3 Å². The molecule has 0 aliphatic rings. The van der Waals surface area contributed by atoms with Crippen LogP contribution in [-0.2, 0) is 15.6 Å². The Hall–Kier alpha value is -1.93. The molecule has 8 heteroatoms. The monoisotopic (exact) mass is 294 g/mol. The molecular weight excluding hydrogens is 284 g/mol. The van der Waals surface area contributed by atoms with Crippen molar-refractivity contribution in [2.24, 2.45) is 0 Å². The molecule has 0 aliphatic heterocycles. The van der Waals surface area contributed by atoms with Crippen LogP contribution in [0.5, 0.6) is 0 Å². The molecule has 0 saturated heterocycles. The van der Waals surface area contributed by atoms with E-state index in [4.69, 9.17) is 5.73 Å². The van der Waals surface area contributed by atoms with Gasteiger partial charge in [0.25, 0.3) is 0 Å². The molecule has 6 nitrogen and oxygen atoms in total. The minimum atomic E-state index is -3.52. The summed E-state index contributed by atoms with van der Waals surface area (Å²) in [6.07, 6.45) is 1.58. The fraction of sp³-hybridized carbons (Fsp3) is 0.0909. The number of fused-ring (bicyclic) bond motifs is 1. The number of aromatic nitrogens is 3. The lowest BCUT2D eigenvalue weighted by Gasteiger charge is -1.96. The normalized spacial score (nSPS) is 12.0. The lowest BCUT2D eigenvalue weighted by molar-refractivity contribution is 0.588. The van der Waals surface area contributed by atoms with E-state index in [9.17, 15) is 8.42 Å². The highest BCUT2D eigenvalue weighted by Gasteiger charge is 2.21. The summed E-state index contributed by atoms with van der Waals surface area (Å²) >= 11 is 1.30. The van der Waals surface area contributed by atoms with Crippen molar-refractivity contribution >= 4 is 37.9 Å². The topological polar surface area (TPSA) is 102 Å². The molecule has 19 heavy (non-hydrogen) atoms. The number of imidazole rings is 1. The fourth-order valence-corrected chi connectivity index (χ4v) is 3.88. The largest absolute Gasteiger partial charge is 0.399 e. The Morgan fingerprint density at radius 1 is 1.37 bits per heavy atom. The van der Waals surface area contributed by atoms with Crippen molar-refractivity contribution in [2.75, 3.05) is 5.73 Å². The molecule has 1 aromatic carbocycles. The van der Waals surface area contributed by atoms with Gasteiger partial charge >= 0.3 is 0 Å². The summed E-state index contributed by atoms with van der Waals surface area (Å²) in [5, 5.41) is 2.23. The molecule has 0 saturated carbocycles. The average Bonchev–Trinajstić information content (AvgIpc) is 2.96. The van der Waals surface area contributed by atoms with Crippen molar-refractivity contribution in [1.29, 1.82) is 0 Å². The Balaban J connectivity index is 2.03. The first kappa shape index (κ1) is 12.1. The zero-order valence-corrected chi connectivity index (χ0v) is 11.3. The zero-order valence-electron chi connectivity index (χ0n) is 9.70. The number of aromatic amines is 1. The molecule has 0 amide bonds. The maximum Gasteiger partial charge on any atom is 0.226 e. The second-order valence-corrected chi connectivity index (χ2v) is 6.89. The van der Waals surface area contributed by atoms with Crippen LogP contribution >= 0.6 is 11.3 Å². The quantitative estimate of drug-likeness (QED) is 0.714. The molecule has 0 radical (unpaired) electrons. The highest BCUT2D eigenvalue weighted by atomic mass is 32.2. The van der Waals surface area contributed by atoms with E-state index in [2.05, 4.69) is 15.0 Å². The summed E-state index contributed by atoms with van der Waals surface area (Å²) in [5.41, 5.74) is 7.39. The fourth-order valence-electron chi connectivity index (χ4n) is 1.71. The van der Waals surface area contributed by atoms with Gasteiger partial charge in [0.1, 0.15) is 10.8 Å². The molecule has 2 heterocycles. The minimum Gasteiger partial charge on any atom is -0.399 e. The predicted octanol–water partition coefficient (Wildman–Crippen LogP) is 1.58. The number of H-pyrrole nitrogens is 1. The van der Waals surface area contributed by atoms with Crippen LogP contribution in [0.15, 0.2) is 34.9 Å². The lowest BCUT2D eigenvalue weighted by atomic mass is 10.3. The van der Waals surface area contributed by atoms with E-state index in [1.165, 1.54) is 11.3 Å². The van der Waals surface area contributed by atoms with Gasteiger partial charge in [0.15, 0.2) is 0 Å². The van der Waals surface area contributed by atoms with E-state index < -0.39 is 9.84 Å². The molecule has 3 aromatic rings. The van der Waals surface area contributed by atoms with Crippen molar-refractivity contribution in [3.63, 3.8) is 0 Å². The number of nitrogens with zero attached hydrogens (tertiary/aromatic N) is 2. The molecule has 3 rings (SSSR count). The van der Waals surface area contributed by atoms with Crippen molar-refractivity contribution in [2.45, 2.75) is 10.9 Å². The van der Waals surface area contributed by atoms with Gasteiger partial charge in [-0.3, -0.25) is 0 Å². The number of thiazole rings is 1. The number of hydrogen-bond donors (Lipinski definition) is 2. The van der Waals surface area contributed by atoms with Crippen LogP contribution in [0.25, 0.3) is 11.0 Å². The molecule has 0 bridgehead atoms. The van der Waals surface area contributed by atoms with Crippen LogP contribution in [0.3, 0.4) is 0 Å². The SMILES string of the molecule is Nc1ccc2nc(S(=O)(=O)Cc3nccs3)[nH]c2c1. The van der Waals surface area contributed by atoms with E-state index in [0.717, 1.165) is 0 Å². The van der Waals surface area contributed by atoms with Gasteiger partial charge < -0.3 is 10.7 Å². The Bertz CT molecular complexity index is 822. The third-order valence-electron chi connectivity index (χ3n) is 2.58. The van der Waals surface area contributed by atoms with Gasteiger partial charge in [-0.05, 0) is 18.2 Å². The maximum absolute atomic E-state index is 12.2. The summed E-state index contributed by atoms with van der Waals surface area (Å²) < 4.78 is 24.4. The summed E-state index contributed by atoms with van der Waals surface area (Å²) in [5.74, 6) is -0.153. The van der Waals surface area contributed by atoms with Crippen molar-refractivity contribution < 1.29 is 8.42 Å². The highest BCUT2D eigenvalue weighted by Crippen LogP contribution is 2.20. The number of hydrogen-bond acceptors (Lipinski definition) is 6. The lowest BCUT2D eigenvalue weighted by Crippen LogP contribution is -2.06. The third-order valence-corrected chi connectivity index (χ3v) is 4.97. The Morgan fingerprint density at radius 2 is 2.21 bits per heavy atom. The number of nitrogen functional groups attached to an aromatic ring is 1. The van der Waals surface area contributed by atoms with Gasteiger partial charge in [-0.1, -0.05) is 0 Å². The van der Waals surface area contributed by atoms with Gasteiger partial charge in [-0.15, -0.1) is 11.3 Å². The number of nitrogens with one attached hydrogen (secondary N) is 1. The maximum atomic E-state index is 12.2. The van der Waals surface area contributed by atoms with Crippen molar-refractivity contribution in [3.8, 4) is 0 Å². The van der Waals surface area contributed by atoms with E-state index >= 15 is 0 Å². The summed E-state index contributed by atoms with van der Waals surface area (Å²) in [6.45, 7) is 0. The predicted molar refractivity (Wildman–Crippen MR) is 73.5 cm³/mol. The Morgan fingerprint density at radius 3 is 2.95 bits per heavy atom. The average molecular weight is 294 g/mol. The smallest absolute Gasteiger partial charge is 0.226 e. The molecule has 0 atom stereocenters.